The Morgan fingerprint density at radius 3 is 2.28 bits per heavy atom. The molecule has 0 saturated carbocycles. The van der Waals surface area contributed by atoms with Crippen LogP contribution in [0.5, 0.6) is 0 Å². The van der Waals surface area contributed by atoms with Crippen LogP contribution in [-0.2, 0) is 0 Å². The van der Waals surface area contributed by atoms with Crippen LogP contribution in [0.3, 0.4) is 0 Å². The number of nitrogens with zero attached hydrogens (tertiary/aromatic N) is 2. The maximum atomic E-state index is 13.0. The van der Waals surface area contributed by atoms with Gasteiger partial charge in [-0.05, 0) is 12.1 Å². The Morgan fingerprint density at radius 1 is 1.11 bits per heavy atom. The van der Waals surface area contributed by atoms with E-state index in [4.69, 9.17) is 11.6 Å². The number of rotatable bonds is 2. The highest BCUT2D eigenvalue weighted by molar-refractivity contribution is 6.29. The molecule has 0 aliphatic heterocycles. The van der Waals surface area contributed by atoms with Crippen molar-refractivity contribution in [3.05, 3.63) is 57.2 Å². The molecule has 0 N–H and O–H groups in total. The van der Waals surface area contributed by atoms with Crippen LogP contribution in [0.1, 0.15) is 0 Å². The van der Waals surface area contributed by atoms with E-state index in [0.717, 1.165) is 24.3 Å². The van der Waals surface area contributed by atoms with Gasteiger partial charge in [0.25, 0.3) is 5.69 Å². The molecule has 0 aliphatic rings. The fourth-order valence-corrected chi connectivity index (χ4v) is 1.64. The van der Waals surface area contributed by atoms with Gasteiger partial charge < -0.3 is 0 Å². The molecule has 4 nitrogen and oxygen atoms in total. The van der Waals surface area contributed by atoms with Gasteiger partial charge >= 0.3 is 0 Å². The quantitative estimate of drug-likeness (QED) is 0.476. The number of hydrogen-bond donors (Lipinski definition) is 0. The summed E-state index contributed by atoms with van der Waals surface area (Å²) in [5.74, 6) is -1.59. The molecule has 2 aromatic rings. The first kappa shape index (κ1) is 12.4. The van der Waals surface area contributed by atoms with Crippen molar-refractivity contribution in [2.24, 2.45) is 0 Å². The zero-order valence-corrected chi connectivity index (χ0v) is 9.49. The van der Waals surface area contributed by atoms with E-state index in [9.17, 15) is 18.9 Å². The number of aromatic nitrogens is 1. The van der Waals surface area contributed by atoms with Crippen LogP contribution in [0.4, 0.5) is 14.5 Å². The SMILES string of the molecule is O=[N+]([O-])c1cc(Cl)nc(-c2cc(F)cc(F)c2)c1. The Labute approximate surface area is 105 Å². The summed E-state index contributed by atoms with van der Waals surface area (Å²) in [5.41, 5.74) is -0.180. The molecule has 1 aromatic carbocycles. The van der Waals surface area contributed by atoms with Gasteiger partial charge in [0.15, 0.2) is 0 Å². The molecule has 0 bridgehead atoms. The molecule has 0 saturated heterocycles. The van der Waals surface area contributed by atoms with Crippen molar-refractivity contribution in [2.75, 3.05) is 0 Å². The number of halogens is 3. The Bertz CT molecular complexity index is 614. The highest BCUT2D eigenvalue weighted by Gasteiger charge is 2.12. The third kappa shape index (κ3) is 2.60. The first-order chi connectivity index (χ1) is 8.45. The summed E-state index contributed by atoms with van der Waals surface area (Å²) < 4.78 is 26.1. The van der Waals surface area contributed by atoms with Crippen LogP contribution in [0.15, 0.2) is 30.3 Å². The van der Waals surface area contributed by atoms with Gasteiger partial charge in [-0.3, -0.25) is 10.1 Å². The van der Waals surface area contributed by atoms with Crippen molar-refractivity contribution in [3.8, 4) is 11.3 Å². The Kier molecular flexibility index (Phi) is 3.20. The van der Waals surface area contributed by atoms with Crippen LogP contribution < -0.4 is 0 Å². The molecule has 0 spiro atoms. The normalized spacial score (nSPS) is 10.4. The molecular weight excluding hydrogens is 266 g/mol. The van der Waals surface area contributed by atoms with Crippen molar-refractivity contribution >= 4 is 17.3 Å². The first-order valence-electron chi connectivity index (χ1n) is 4.74. The monoisotopic (exact) mass is 270 g/mol. The standard InChI is InChI=1S/C11H5ClF2N2O2/c12-11-5-9(16(17)18)4-10(15-11)6-1-7(13)3-8(14)2-6/h1-5H. The van der Waals surface area contributed by atoms with Crippen LogP contribution in [0.2, 0.25) is 5.15 Å². The number of hydrogen-bond acceptors (Lipinski definition) is 3. The molecule has 0 atom stereocenters. The van der Waals surface area contributed by atoms with Gasteiger partial charge in [0.1, 0.15) is 16.8 Å². The van der Waals surface area contributed by atoms with Crippen LogP contribution in [0.25, 0.3) is 11.3 Å². The zero-order valence-electron chi connectivity index (χ0n) is 8.73. The molecule has 1 aromatic heterocycles. The fourth-order valence-electron chi connectivity index (χ4n) is 1.44. The van der Waals surface area contributed by atoms with E-state index >= 15 is 0 Å². The molecule has 92 valence electrons. The smallest absolute Gasteiger partial charge is 0.258 e. The van der Waals surface area contributed by atoms with E-state index in [-0.39, 0.29) is 22.1 Å². The summed E-state index contributed by atoms with van der Waals surface area (Å²) in [5, 5.41) is 10.5. The predicted molar refractivity (Wildman–Crippen MR) is 61.3 cm³/mol. The topological polar surface area (TPSA) is 56.0 Å². The summed E-state index contributed by atoms with van der Waals surface area (Å²) >= 11 is 5.62. The lowest BCUT2D eigenvalue weighted by atomic mass is 10.1. The molecule has 0 radical (unpaired) electrons. The van der Waals surface area contributed by atoms with Crippen LogP contribution in [-0.4, -0.2) is 9.91 Å². The minimum atomic E-state index is -0.797. The van der Waals surface area contributed by atoms with E-state index < -0.39 is 16.6 Å². The average molecular weight is 271 g/mol. The van der Waals surface area contributed by atoms with E-state index in [1.807, 2.05) is 0 Å². The summed E-state index contributed by atoms with van der Waals surface area (Å²) in [7, 11) is 0. The second kappa shape index (κ2) is 4.66. The van der Waals surface area contributed by atoms with Gasteiger partial charge in [0, 0.05) is 17.7 Å². The van der Waals surface area contributed by atoms with Gasteiger partial charge in [-0.2, -0.15) is 0 Å². The van der Waals surface area contributed by atoms with E-state index in [1.165, 1.54) is 0 Å². The van der Waals surface area contributed by atoms with Crippen molar-refractivity contribution in [2.45, 2.75) is 0 Å². The summed E-state index contributed by atoms with van der Waals surface area (Å²) in [6.45, 7) is 0. The number of pyridine rings is 1. The third-order valence-electron chi connectivity index (χ3n) is 2.15. The molecule has 0 unspecified atom stereocenters. The van der Waals surface area contributed by atoms with E-state index in [0.29, 0.717) is 6.07 Å². The molecular formula is C11H5ClF2N2O2. The van der Waals surface area contributed by atoms with Gasteiger partial charge in [0.2, 0.25) is 0 Å². The van der Waals surface area contributed by atoms with Crippen molar-refractivity contribution < 1.29 is 13.7 Å². The van der Waals surface area contributed by atoms with Gasteiger partial charge in [-0.15, -0.1) is 0 Å². The second-order valence-corrected chi connectivity index (χ2v) is 3.84. The minimum absolute atomic E-state index is 0.0348. The molecule has 18 heavy (non-hydrogen) atoms. The average Bonchev–Trinajstić information content (AvgIpc) is 2.26. The maximum Gasteiger partial charge on any atom is 0.274 e. The highest BCUT2D eigenvalue weighted by atomic mass is 35.5. The lowest BCUT2D eigenvalue weighted by Gasteiger charge is -2.02. The fraction of sp³-hybridized carbons (Fsp3) is 0. The maximum absolute atomic E-state index is 13.0. The number of nitro groups is 1. The predicted octanol–water partition coefficient (Wildman–Crippen LogP) is 3.59. The van der Waals surface area contributed by atoms with Crippen LogP contribution in [0, 0.1) is 21.7 Å². The molecule has 0 fully saturated rings. The lowest BCUT2D eigenvalue weighted by Crippen LogP contribution is -1.93. The minimum Gasteiger partial charge on any atom is -0.258 e. The number of benzene rings is 1. The first-order valence-corrected chi connectivity index (χ1v) is 5.12. The Balaban J connectivity index is 2.59. The summed E-state index contributed by atoms with van der Waals surface area (Å²) in [6, 6.07) is 4.89. The van der Waals surface area contributed by atoms with Crippen LogP contribution >= 0.6 is 11.6 Å². The van der Waals surface area contributed by atoms with Crippen molar-refractivity contribution in [3.63, 3.8) is 0 Å². The van der Waals surface area contributed by atoms with Gasteiger partial charge in [-0.1, -0.05) is 11.6 Å². The molecule has 0 aliphatic carbocycles. The molecule has 0 amide bonds. The summed E-state index contributed by atoms with van der Waals surface area (Å²) in [6.07, 6.45) is 0. The van der Waals surface area contributed by atoms with Gasteiger partial charge in [0.05, 0.1) is 16.7 Å². The van der Waals surface area contributed by atoms with E-state index in [1.54, 1.807) is 0 Å². The Hall–Kier alpha value is -2.08. The summed E-state index contributed by atoms with van der Waals surface area (Å²) in [4.78, 5) is 13.8. The van der Waals surface area contributed by atoms with Crippen molar-refractivity contribution in [1.82, 2.24) is 4.98 Å². The third-order valence-corrected chi connectivity index (χ3v) is 2.34. The zero-order chi connectivity index (χ0) is 13.3. The molecule has 1 heterocycles. The molecule has 2 rings (SSSR count). The van der Waals surface area contributed by atoms with Crippen molar-refractivity contribution in [1.29, 1.82) is 0 Å². The second-order valence-electron chi connectivity index (χ2n) is 3.45. The largest absolute Gasteiger partial charge is 0.274 e. The van der Waals surface area contributed by atoms with Gasteiger partial charge in [-0.25, -0.2) is 13.8 Å². The molecule has 7 heteroatoms. The Morgan fingerprint density at radius 2 is 1.72 bits per heavy atom. The van der Waals surface area contributed by atoms with E-state index in [2.05, 4.69) is 4.98 Å². The highest BCUT2D eigenvalue weighted by Crippen LogP contribution is 2.26. The lowest BCUT2D eigenvalue weighted by molar-refractivity contribution is -0.384.